The van der Waals surface area contributed by atoms with Crippen LogP contribution in [0, 0.1) is 6.92 Å². The molecule has 3 aromatic rings. The predicted octanol–water partition coefficient (Wildman–Crippen LogP) is 4.81. The summed E-state index contributed by atoms with van der Waals surface area (Å²) in [5.74, 6) is 0. The fourth-order valence-electron chi connectivity index (χ4n) is 2.35. The number of fused-ring (bicyclic) bond motifs is 1. The molecule has 0 bridgehead atoms. The van der Waals surface area contributed by atoms with Gasteiger partial charge in [-0.05, 0) is 35.4 Å². The van der Waals surface area contributed by atoms with Crippen LogP contribution < -0.4 is 5.32 Å². The average molecular weight is 283 g/mol. The summed E-state index contributed by atoms with van der Waals surface area (Å²) in [5.41, 5.74) is 3.21. The highest BCUT2D eigenvalue weighted by molar-refractivity contribution is 6.29. The van der Waals surface area contributed by atoms with Gasteiger partial charge in [-0.2, -0.15) is 0 Å². The van der Waals surface area contributed by atoms with Gasteiger partial charge in [0.2, 0.25) is 0 Å². The zero-order valence-electron chi connectivity index (χ0n) is 11.2. The number of anilines is 1. The Balaban J connectivity index is 1.87. The second-order valence-corrected chi connectivity index (χ2v) is 5.15. The van der Waals surface area contributed by atoms with Crippen molar-refractivity contribution in [3.8, 4) is 0 Å². The normalized spacial score (nSPS) is 10.7. The van der Waals surface area contributed by atoms with E-state index in [1.54, 1.807) is 6.07 Å². The second kappa shape index (κ2) is 5.51. The molecule has 0 spiro atoms. The number of hydrogen-bond acceptors (Lipinski definition) is 2. The molecule has 0 radical (unpaired) electrons. The van der Waals surface area contributed by atoms with E-state index in [1.165, 1.54) is 16.3 Å². The number of aryl methyl sites for hydroxylation is 1. The molecule has 3 heteroatoms. The third kappa shape index (κ3) is 2.61. The molecule has 0 unspecified atom stereocenters. The Labute approximate surface area is 123 Å². The summed E-state index contributed by atoms with van der Waals surface area (Å²) in [4.78, 5) is 4.25. The van der Waals surface area contributed by atoms with Crippen molar-refractivity contribution in [3.63, 3.8) is 0 Å². The summed E-state index contributed by atoms with van der Waals surface area (Å²) in [6, 6.07) is 18.6. The van der Waals surface area contributed by atoms with Gasteiger partial charge in [0, 0.05) is 6.54 Å². The van der Waals surface area contributed by atoms with Crippen LogP contribution in [0.3, 0.4) is 0 Å². The molecule has 0 aliphatic heterocycles. The van der Waals surface area contributed by atoms with Gasteiger partial charge < -0.3 is 5.32 Å². The third-order valence-electron chi connectivity index (χ3n) is 3.40. The molecule has 1 aromatic heterocycles. The number of nitrogens with one attached hydrogen (secondary N) is 1. The zero-order valence-corrected chi connectivity index (χ0v) is 12.0. The first-order valence-corrected chi connectivity index (χ1v) is 6.95. The van der Waals surface area contributed by atoms with Crippen molar-refractivity contribution < 1.29 is 0 Å². The Morgan fingerprint density at radius 1 is 1.00 bits per heavy atom. The van der Waals surface area contributed by atoms with Crippen LogP contribution in [0.25, 0.3) is 10.8 Å². The second-order valence-electron chi connectivity index (χ2n) is 4.76. The minimum Gasteiger partial charge on any atom is -0.379 e. The van der Waals surface area contributed by atoms with Crippen molar-refractivity contribution >= 4 is 28.1 Å². The summed E-state index contributed by atoms with van der Waals surface area (Å²) in [7, 11) is 0. The maximum absolute atomic E-state index is 5.87. The first-order chi connectivity index (χ1) is 9.74. The Morgan fingerprint density at radius 3 is 2.65 bits per heavy atom. The summed E-state index contributed by atoms with van der Waals surface area (Å²) in [6.07, 6.45) is 0. The van der Waals surface area contributed by atoms with Crippen LogP contribution in [-0.4, -0.2) is 4.98 Å². The quantitative estimate of drug-likeness (QED) is 0.698. The van der Waals surface area contributed by atoms with Gasteiger partial charge in [-0.3, -0.25) is 0 Å². The topological polar surface area (TPSA) is 24.9 Å². The first kappa shape index (κ1) is 12.9. The summed E-state index contributed by atoms with van der Waals surface area (Å²) in [5, 5.41) is 6.50. The first-order valence-electron chi connectivity index (χ1n) is 6.58. The highest BCUT2D eigenvalue weighted by atomic mass is 35.5. The molecule has 0 amide bonds. The van der Waals surface area contributed by atoms with Crippen LogP contribution >= 0.6 is 11.6 Å². The van der Waals surface area contributed by atoms with Gasteiger partial charge in [0.05, 0.1) is 11.4 Å². The van der Waals surface area contributed by atoms with Crippen molar-refractivity contribution in [3.05, 3.63) is 71.0 Å². The van der Waals surface area contributed by atoms with Crippen LogP contribution in [0.5, 0.6) is 0 Å². The SMILES string of the molecule is Cc1nc(Cl)ccc1NCc1cccc2ccccc12. The van der Waals surface area contributed by atoms with Crippen LogP contribution in [0.2, 0.25) is 5.15 Å². The van der Waals surface area contributed by atoms with E-state index in [-0.39, 0.29) is 0 Å². The average Bonchev–Trinajstić information content (AvgIpc) is 2.46. The number of hydrogen-bond donors (Lipinski definition) is 1. The molecule has 100 valence electrons. The number of benzene rings is 2. The van der Waals surface area contributed by atoms with Crippen molar-refractivity contribution in [1.82, 2.24) is 4.98 Å². The number of nitrogens with zero attached hydrogens (tertiary/aromatic N) is 1. The van der Waals surface area contributed by atoms with Crippen LogP contribution in [0.4, 0.5) is 5.69 Å². The highest BCUT2D eigenvalue weighted by Gasteiger charge is 2.03. The van der Waals surface area contributed by atoms with Gasteiger partial charge in [0.15, 0.2) is 0 Å². The van der Waals surface area contributed by atoms with Crippen molar-refractivity contribution in [2.45, 2.75) is 13.5 Å². The van der Waals surface area contributed by atoms with Crippen LogP contribution in [0.15, 0.2) is 54.6 Å². The van der Waals surface area contributed by atoms with E-state index in [0.29, 0.717) is 5.15 Å². The Hall–Kier alpha value is -2.06. The lowest BCUT2D eigenvalue weighted by atomic mass is 10.0. The molecule has 0 saturated carbocycles. The highest BCUT2D eigenvalue weighted by Crippen LogP contribution is 2.21. The van der Waals surface area contributed by atoms with E-state index in [1.807, 2.05) is 13.0 Å². The van der Waals surface area contributed by atoms with E-state index in [0.717, 1.165) is 17.9 Å². The van der Waals surface area contributed by atoms with Crippen LogP contribution in [-0.2, 0) is 6.54 Å². The summed E-state index contributed by atoms with van der Waals surface area (Å²) < 4.78 is 0. The maximum Gasteiger partial charge on any atom is 0.129 e. The van der Waals surface area contributed by atoms with Gasteiger partial charge >= 0.3 is 0 Å². The Morgan fingerprint density at radius 2 is 1.80 bits per heavy atom. The molecular formula is C17H15ClN2. The van der Waals surface area contributed by atoms with E-state index in [2.05, 4.69) is 52.8 Å². The summed E-state index contributed by atoms with van der Waals surface area (Å²) >= 11 is 5.87. The van der Waals surface area contributed by atoms with Crippen molar-refractivity contribution in [1.29, 1.82) is 0 Å². The molecule has 0 fully saturated rings. The lowest BCUT2D eigenvalue weighted by molar-refractivity contribution is 1.12. The lowest BCUT2D eigenvalue weighted by Gasteiger charge is -2.11. The Bertz CT molecular complexity index is 748. The number of halogens is 1. The molecular weight excluding hydrogens is 268 g/mol. The largest absolute Gasteiger partial charge is 0.379 e. The molecule has 1 heterocycles. The van der Waals surface area contributed by atoms with Gasteiger partial charge in [-0.15, -0.1) is 0 Å². The molecule has 3 rings (SSSR count). The third-order valence-corrected chi connectivity index (χ3v) is 3.61. The molecule has 2 nitrogen and oxygen atoms in total. The van der Waals surface area contributed by atoms with E-state index < -0.39 is 0 Å². The number of pyridine rings is 1. The van der Waals surface area contributed by atoms with Gasteiger partial charge in [0.25, 0.3) is 0 Å². The molecule has 1 N–H and O–H groups in total. The molecule has 0 saturated heterocycles. The van der Waals surface area contributed by atoms with Gasteiger partial charge in [-0.25, -0.2) is 4.98 Å². The molecule has 0 aliphatic carbocycles. The van der Waals surface area contributed by atoms with Gasteiger partial charge in [-0.1, -0.05) is 54.1 Å². The summed E-state index contributed by atoms with van der Waals surface area (Å²) in [6.45, 7) is 2.73. The number of aromatic nitrogens is 1. The van der Waals surface area contributed by atoms with Crippen molar-refractivity contribution in [2.24, 2.45) is 0 Å². The van der Waals surface area contributed by atoms with E-state index >= 15 is 0 Å². The Kier molecular flexibility index (Phi) is 3.57. The zero-order chi connectivity index (χ0) is 13.9. The van der Waals surface area contributed by atoms with Gasteiger partial charge in [0.1, 0.15) is 5.15 Å². The predicted molar refractivity (Wildman–Crippen MR) is 85.3 cm³/mol. The standard InChI is InChI=1S/C17H15ClN2/c1-12-16(9-10-17(18)20-12)19-11-14-7-4-6-13-5-2-3-8-15(13)14/h2-10,19H,11H2,1H3. The fraction of sp³-hybridized carbons (Fsp3) is 0.118. The fourth-order valence-corrected chi connectivity index (χ4v) is 2.54. The van der Waals surface area contributed by atoms with E-state index in [9.17, 15) is 0 Å². The van der Waals surface area contributed by atoms with E-state index in [4.69, 9.17) is 11.6 Å². The number of rotatable bonds is 3. The monoisotopic (exact) mass is 282 g/mol. The molecule has 0 atom stereocenters. The molecule has 0 aliphatic rings. The maximum atomic E-state index is 5.87. The smallest absolute Gasteiger partial charge is 0.129 e. The molecule has 2 aromatic carbocycles. The molecule has 20 heavy (non-hydrogen) atoms. The van der Waals surface area contributed by atoms with Crippen molar-refractivity contribution in [2.75, 3.05) is 5.32 Å². The lowest BCUT2D eigenvalue weighted by Crippen LogP contribution is -2.02. The minimum absolute atomic E-state index is 0.526. The van der Waals surface area contributed by atoms with Crippen LogP contribution in [0.1, 0.15) is 11.3 Å². The minimum atomic E-state index is 0.526.